The number of rotatable bonds is 2. The molecule has 1 aliphatic carbocycles. The molecule has 1 amide bonds. The van der Waals surface area contributed by atoms with Crippen molar-refractivity contribution in [3.05, 3.63) is 35.4 Å². The highest BCUT2D eigenvalue weighted by Crippen LogP contribution is 2.44. The first-order chi connectivity index (χ1) is 11.8. The van der Waals surface area contributed by atoms with Crippen LogP contribution in [-0.4, -0.2) is 44.2 Å². The summed E-state index contributed by atoms with van der Waals surface area (Å²) in [4.78, 5) is 25.4. The number of fused-ring (bicyclic) bond motifs is 1. The molecule has 2 N–H and O–H groups in total. The van der Waals surface area contributed by atoms with E-state index < -0.39 is 34.9 Å². The predicted octanol–water partition coefficient (Wildman–Crippen LogP) is 2.98. The number of ether oxygens (including phenoxy) is 2. The van der Waals surface area contributed by atoms with Gasteiger partial charge in [0.05, 0.1) is 0 Å². The molecule has 0 radical (unpaired) electrons. The van der Waals surface area contributed by atoms with Gasteiger partial charge in [-0.15, -0.1) is 0 Å². The van der Waals surface area contributed by atoms with Gasteiger partial charge in [-0.05, 0) is 52.7 Å². The summed E-state index contributed by atoms with van der Waals surface area (Å²) < 4.78 is 10.6. The van der Waals surface area contributed by atoms with Crippen molar-refractivity contribution < 1.29 is 29.4 Å². The summed E-state index contributed by atoms with van der Waals surface area (Å²) in [5.74, 6) is -0.901. The van der Waals surface area contributed by atoms with Gasteiger partial charge in [0.25, 0.3) is 0 Å². The number of carbonyl (C=O) groups is 2. The first kappa shape index (κ1) is 20.2. The van der Waals surface area contributed by atoms with Crippen molar-refractivity contribution in [1.82, 2.24) is 5.06 Å². The zero-order valence-electron chi connectivity index (χ0n) is 16.1. The van der Waals surface area contributed by atoms with E-state index in [1.54, 1.807) is 65.8 Å². The molecule has 0 fully saturated rings. The van der Waals surface area contributed by atoms with Crippen LogP contribution in [-0.2, 0) is 20.7 Å². The number of hydrogen-bond donors (Lipinski definition) is 2. The number of esters is 1. The molecular formula is C19H27NO6. The minimum absolute atomic E-state index is 0.0883. The number of benzene rings is 1. The fourth-order valence-electron chi connectivity index (χ4n) is 2.90. The van der Waals surface area contributed by atoms with E-state index in [1.807, 2.05) is 0 Å². The minimum Gasteiger partial charge on any atom is -0.458 e. The average Bonchev–Trinajstić information content (AvgIpc) is 2.77. The quantitative estimate of drug-likeness (QED) is 0.475. The van der Waals surface area contributed by atoms with Crippen LogP contribution in [0.2, 0.25) is 0 Å². The summed E-state index contributed by atoms with van der Waals surface area (Å²) in [7, 11) is 0. The number of aliphatic hydroxyl groups excluding tert-OH is 1. The number of amides is 1. The molecule has 1 aromatic carbocycles. The van der Waals surface area contributed by atoms with Gasteiger partial charge in [-0.3, -0.25) is 5.21 Å². The Morgan fingerprint density at radius 3 is 2.12 bits per heavy atom. The maximum Gasteiger partial charge on any atom is 0.435 e. The topological polar surface area (TPSA) is 96.3 Å². The zero-order chi connectivity index (χ0) is 19.9. The maximum atomic E-state index is 13.0. The molecule has 0 saturated carbocycles. The number of hydrogen-bond acceptors (Lipinski definition) is 6. The molecule has 26 heavy (non-hydrogen) atoms. The third kappa shape index (κ3) is 3.83. The van der Waals surface area contributed by atoms with Crippen LogP contribution in [0.5, 0.6) is 0 Å². The Labute approximate surface area is 153 Å². The van der Waals surface area contributed by atoms with Gasteiger partial charge in [-0.1, -0.05) is 24.3 Å². The number of nitrogens with zero attached hydrogens (tertiary/aromatic N) is 1. The molecular weight excluding hydrogens is 338 g/mol. The van der Waals surface area contributed by atoms with Crippen molar-refractivity contribution in [2.75, 3.05) is 0 Å². The van der Waals surface area contributed by atoms with E-state index in [0.29, 0.717) is 11.1 Å². The van der Waals surface area contributed by atoms with E-state index in [9.17, 15) is 19.9 Å². The second kappa shape index (κ2) is 6.55. The Hall–Kier alpha value is -2.12. The first-order valence-electron chi connectivity index (χ1n) is 8.49. The Bertz CT molecular complexity index is 703. The highest BCUT2D eigenvalue weighted by atomic mass is 16.6. The summed E-state index contributed by atoms with van der Waals surface area (Å²) in [5, 5.41) is 21.7. The van der Waals surface area contributed by atoms with Crippen LogP contribution in [0.25, 0.3) is 0 Å². The van der Waals surface area contributed by atoms with Crippen molar-refractivity contribution in [1.29, 1.82) is 0 Å². The van der Waals surface area contributed by atoms with E-state index in [2.05, 4.69) is 0 Å². The lowest BCUT2D eigenvalue weighted by atomic mass is 9.92. The third-order valence-corrected chi connectivity index (χ3v) is 3.96. The van der Waals surface area contributed by atoms with Crippen molar-refractivity contribution >= 4 is 12.1 Å². The smallest absolute Gasteiger partial charge is 0.435 e. The van der Waals surface area contributed by atoms with Gasteiger partial charge in [-0.2, -0.15) is 5.06 Å². The monoisotopic (exact) mass is 365 g/mol. The summed E-state index contributed by atoms with van der Waals surface area (Å²) in [6.07, 6.45) is -2.67. The summed E-state index contributed by atoms with van der Waals surface area (Å²) >= 11 is 0. The second-order valence-corrected chi connectivity index (χ2v) is 8.50. The SMILES string of the molecule is CC(C)(C)OC(=O)N(O)[C@]1(C(=O)OC(C)(C)C)Cc2ccccc2[C@H]1O. The van der Waals surface area contributed by atoms with Crippen LogP contribution in [0.3, 0.4) is 0 Å². The fraction of sp³-hybridized carbons (Fsp3) is 0.579. The molecule has 0 aromatic heterocycles. The molecule has 0 spiro atoms. The van der Waals surface area contributed by atoms with Crippen LogP contribution < -0.4 is 0 Å². The van der Waals surface area contributed by atoms with E-state index in [1.165, 1.54) is 0 Å². The highest BCUT2D eigenvalue weighted by Gasteiger charge is 2.60. The van der Waals surface area contributed by atoms with Gasteiger partial charge < -0.3 is 14.6 Å². The molecule has 1 aromatic rings. The first-order valence-corrected chi connectivity index (χ1v) is 8.49. The normalized spacial score (nSPS) is 22.5. The second-order valence-electron chi connectivity index (χ2n) is 8.50. The van der Waals surface area contributed by atoms with Gasteiger partial charge in [0.1, 0.15) is 17.3 Å². The number of carbonyl (C=O) groups excluding carboxylic acids is 2. The van der Waals surface area contributed by atoms with E-state index >= 15 is 0 Å². The van der Waals surface area contributed by atoms with E-state index in [4.69, 9.17) is 9.47 Å². The molecule has 144 valence electrons. The van der Waals surface area contributed by atoms with Gasteiger partial charge in [0.15, 0.2) is 0 Å². The molecule has 0 saturated heterocycles. The molecule has 0 heterocycles. The summed E-state index contributed by atoms with van der Waals surface area (Å²) in [6.45, 7) is 9.92. The minimum atomic E-state index is -2.01. The summed E-state index contributed by atoms with van der Waals surface area (Å²) in [5.41, 5.74) is -2.66. The van der Waals surface area contributed by atoms with Gasteiger partial charge in [-0.25, -0.2) is 9.59 Å². The predicted molar refractivity (Wildman–Crippen MR) is 93.5 cm³/mol. The van der Waals surface area contributed by atoms with E-state index in [-0.39, 0.29) is 11.5 Å². The highest BCUT2D eigenvalue weighted by molar-refractivity contribution is 5.88. The molecule has 2 atom stereocenters. The molecule has 7 nitrogen and oxygen atoms in total. The molecule has 2 rings (SSSR count). The lowest BCUT2D eigenvalue weighted by molar-refractivity contribution is -0.216. The van der Waals surface area contributed by atoms with Gasteiger partial charge >= 0.3 is 12.1 Å². The zero-order valence-corrected chi connectivity index (χ0v) is 16.1. The molecule has 0 aliphatic heterocycles. The Morgan fingerprint density at radius 2 is 1.62 bits per heavy atom. The maximum absolute atomic E-state index is 13.0. The Morgan fingerprint density at radius 1 is 1.08 bits per heavy atom. The van der Waals surface area contributed by atoms with Crippen LogP contribution in [0.1, 0.15) is 58.8 Å². The Kier molecular flexibility index (Phi) is 5.09. The van der Waals surface area contributed by atoms with Gasteiger partial charge in [0, 0.05) is 6.42 Å². The number of aliphatic hydroxyl groups is 1. The summed E-state index contributed by atoms with van der Waals surface area (Å²) in [6, 6.07) is 6.84. The van der Waals surface area contributed by atoms with Crippen LogP contribution in [0.4, 0.5) is 4.79 Å². The van der Waals surface area contributed by atoms with Crippen LogP contribution >= 0.6 is 0 Å². The fourth-order valence-corrected chi connectivity index (χ4v) is 2.90. The standard InChI is InChI=1S/C19H27NO6/c1-17(2,3)25-15(22)19(20(24)16(23)26-18(4,5)6)11-12-9-7-8-10-13(12)14(19)21/h7-10,14,21,24H,11H2,1-6H3/t14-,19-/m1/s1. The van der Waals surface area contributed by atoms with Crippen molar-refractivity contribution in [2.45, 2.75) is 70.8 Å². The van der Waals surface area contributed by atoms with Crippen molar-refractivity contribution in [3.63, 3.8) is 0 Å². The molecule has 7 heteroatoms. The lowest BCUT2D eigenvalue weighted by Gasteiger charge is -2.39. The van der Waals surface area contributed by atoms with Gasteiger partial charge in [0.2, 0.25) is 5.54 Å². The Balaban J connectivity index is 2.48. The van der Waals surface area contributed by atoms with Crippen LogP contribution in [0.15, 0.2) is 24.3 Å². The van der Waals surface area contributed by atoms with Crippen molar-refractivity contribution in [2.24, 2.45) is 0 Å². The largest absolute Gasteiger partial charge is 0.458 e. The van der Waals surface area contributed by atoms with Crippen LogP contribution in [0, 0.1) is 0 Å². The number of hydroxylamine groups is 2. The lowest BCUT2D eigenvalue weighted by Crippen LogP contribution is -2.60. The molecule has 0 unspecified atom stereocenters. The third-order valence-electron chi connectivity index (χ3n) is 3.96. The molecule has 0 bridgehead atoms. The van der Waals surface area contributed by atoms with E-state index in [0.717, 1.165) is 0 Å². The van der Waals surface area contributed by atoms with Crippen molar-refractivity contribution in [3.8, 4) is 0 Å². The average molecular weight is 365 g/mol. The molecule has 1 aliphatic rings.